The van der Waals surface area contributed by atoms with Gasteiger partial charge >= 0.3 is 19.8 Å². The summed E-state index contributed by atoms with van der Waals surface area (Å²) in [7, 11) is 0. The number of aromatic nitrogens is 5. The molecule has 0 unspecified atom stereocenters. The van der Waals surface area contributed by atoms with Crippen LogP contribution < -0.4 is 4.74 Å². The first-order valence-corrected chi connectivity index (χ1v) is 12.5. The van der Waals surface area contributed by atoms with Gasteiger partial charge in [0.1, 0.15) is 6.61 Å². The smallest absolute Gasteiger partial charge is 0.500 e. The summed E-state index contributed by atoms with van der Waals surface area (Å²) >= 11 is 0. The van der Waals surface area contributed by atoms with Crippen molar-refractivity contribution >= 4 is 0 Å². The first kappa shape index (κ1) is 30.5. The molecular weight excluding hydrogens is 685 g/mol. The molecule has 0 saturated heterocycles. The van der Waals surface area contributed by atoms with Crippen molar-refractivity contribution in [3.63, 3.8) is 0 Å². The quantitative estimate of drug-likeness (QED) is 0.144. The number of rotatable bonds is 5. The van der Waals surface area contributed by atoms with Crippen LogP contribution in [0.2, 0.25) is 0 Å². The maximum Gasteiger partial charge on any atom is 1.00 e. The van der Waals surface area contributed by atoms with Gasteiger partial charge in [0.15, 0.2) is 0 Å². The maximum absolute atomic E-state index is 5.33. The average Bonchev–Trinajstić information content (AvgIpc) is 3.07. The monoisotopic (exact) mass is 712 g/mol. The fourth-order valence-electron chi connectivity index (χ4n) is 3.39. The summed E-state index contributed by atoms with van der Waals surface area (Å²) in [6.45, 7) is 0.270. The third kappa shape index (κ3) is 10.2. The first-order valence-electron chi connectivity index (χ1n) is 12.5. The summed E-state index contributed by atoms with van der Waals surface area (Å²) in [6.07, 6.45) is 14.0. The molecule has 6 nitrogen and oxygen atoms in total. The Morgan fingerprint density at radius 1 is 0.561 bits per heavy atom. The van der Waals surface area contributed by atoms with Crippen molar-refractivity contribution in [1.82, 2.24) is 24.9 Å². The van der Waals surface area contributed by atoms with Crippen molar-refractivity contribution in [2.75, 3.05) is 6.61 Å². The van der Waals surface area contributed by atoms with Crippen molar-refractivity contribution < 1.29 is 24.5 Å². The van der Waals surface area contributed by atoms with Crippen LogP contribution in [0.1, 0.15) is 0 Å². The van der Waals surface area contributed by atoms with Crippen LogP contribution in [0.3, 0.4) is 0 Å². The Morgan fingerprint density at radius 2 is 0.951 bits per heavy atom. The summed E-state index contributed by atoms with van der Waals surface area (Å²) in [5.41, 5.74) is 5.43. The summed E-state index contributed by atoms with van der Waals surface area (Å²) in [6, 6.07) is 37.5. The number of benzene rings is 1. The molecule has 0 bridgehead atoms. The Hall–Kier alpha value is -5.03. The van der Waals surface area contributed by atoms with Crippen molar-refractivity contribution in [2.45, 2.75) is 0 Å². The third-order valence-electron chi connectivity index (χ3n) is 5.22. The predicted molar refractivity (Wildman–Crippen MR) is 158 cm³/mol. The van der Waals surface area contributed by atoms with Gasteiger partial charge in [0.25, 0.3) is 0 Å². The number of hydrogen-bond donors (Lipinski definition) is 0. The first-order chi connectivity index (χ1) is 19.8. The molecule has 0 fully saturated rings. The van der Waals surface area contributed by atoms with E-state index in [4.69, 9.17) is 11.2 Å². The van der Waals surface area contributed by atoms with E-state index < -0.39 is 0 Å². The Morgan fingerprint density at radius 3 is 1.29 bits per heavy atom. The fourth-order valence-corrected chi connectivity index (χ4v) is 3.39. The van der Waals surface area contributed by atoms with E-state index in [2.05, 4.69) is 36.9 Å². The van der Waals surface area contributed by atoms with Gasteiger partial charge < -0.3 is 9.72 Å². The zero-order valence-electron chi connectivity index (χ0n) is 22.1. The molecule has 201 valence electrons. The van der Waals surface area contributed by atoms with Crippen LogP contribution in [0.5, 0.6) is 5.75 Å². The maximum atomic E-state index is 5.33. The van der Waals surface area contributed by atoms with Crippen molar-refractivity contribution in [3.05, 3.63) is 146 Å². The molecule has 6 aromatic rings. The van der Waals surface area contributed by atoms with Crippen molar-refractivity contribution in [2.24, 2.45) is 0 Å². The van der Waals surface area contributed by atoms with E-state index >= 15 is 0 Å². The minimum absolute atomic E-state index is 0. The molecule has 1 aromatic carbocycles. The second kappa shape index (κ2) is 17.5. The largest absolute Gasteiger partial charge is 1.00 e. The van der Waals surface area contributed by atoms with Crippen LogP contribution in [0, 0.1) is 18.4 Å². The molecule has 0 aliphatic rings. The number of hydrogen-bond acceptors (Lipinski definition) is 6. The molecule has 5 heterocycles. The molecule has 0 amide bonds. The number of nitrogens with zero attached hydrogens (tertiary/aromatic N) is 5. The second-order valence-corrected chi connectivity index (χ2v) is 8.01. The minimum atomic E-state index is 0. The topological polar surface area (TPSA) is 73.7 Å². The molecule has 6 rings (SSSR count). The number of terminal acetylenes is 1. The van der Waals surface area contributed by atoms with Gasteiger partial charge in [0.2, 0.25) is 0 Å². The second-order valence-electron chi connectivity index (χ2n) is 8.01. The summed E-state index contributed by atoms with van der Waals surface area (Å²) in [5.74, 6) is 3.16. The average molecular weight is 711 g/mol. The van der Waals surface area contributed by atoms with E-state index in [0.717, 1.165) is 39.8 Å². The molecule has 7 heteroatoms. The standard InChI is InChI=1S/C14H10NO.2C10H8N2.Os/c1-2-10-16-13-7-5-6-12(11-13)14-8-3-4-9-15-14;2*1-3-7-11-9(5-1)10-6-2-4-8-12-10;/h1,3-5,7-9,11H,10H2;2*1-8H;/q-1;;;+1. The van der Waals surface area contributed by atoms with Gasteiger partial charge in [-0.1, -0.05) is 42.3 Å². The Labute approximate surface area is 253 Å². The van der Waals surface area contributed by atoms with Crippen LogP contribution in [0.15, 0.2) is 140 Å². The van der Waals surface area contributed by atoms with Crippen LogP contribution in [0.25, 0.3) is 34.0 Å². The number of pyridine rings is 5. The third-order valence-corrected chi connectivity index (χ3v) is 5.22. The van der Waals surface area contributed by atoms with E-state index in [0.29, 0.717) is 0 Å². The molecule has 41 heavy (non-hydrogen) atoms. The van der Waals surface area contributed by atoms with Crippen molar-refractivity contribution in [1.29, 1.82) is 0 Å². The molecule has 1 radical (unpaired) electrons. The van der Waals surface area contributed by atoms with E-state index in [-0.39, 0.29) is 26.4 Å². The Bertz CT molecular complexity index is 1430. The zero-order chi connectivity index (χ0) is 27.7. The summed E-state index contributed by atoms with van der Waals surface area (Å²) in [4.78, 5) is 21.0. The zero-order valence-corrected chi connectivity index (χ0v) is 24.6. The fraction of sp³-hybridized carbons (Fsp3) is 0.0294. The Kier molecular flexibility index (Phi) is 13.0. The molecule has 5 aromatic heterocycles. The predicted octanol–water partition coefficient (Wildman–Crippen LogP) is 6.85. The molecule has 0 aliphatic heterocycles. The molecule has 0 saturated carbocycles. The van der Waals surface area contributed by atoms with Gasteiger partial charge in [0, 0.05) is 36.7 Å². The molecule has 0 N–H and O–H groups in total. The summed E-state index contributed by atoms with van der Waals surface area (Å²) < 4.78 is 5.33. The molecule has 0 aliphatic carbocycles. The number of ether oxygens (including phenoxy) is 1. The van der Waals surface area contributed by atoms with Gasteiger partial charge in [0.05, 0.1) is 22.8 Å². The van der Waals surface area contributed by atoms with Gasteiger partial charge in [-0.3, -0.25) is 19.9 Å². The van der Waals surface area contributed by atoms with Crippen LogP contribution in [-0.4, -0.2) is 31.5 Å². The van der Waals surface area contributed by atoms with Gasteiger partial charge in [-0.2, -0.15) is 0 Å². The van der Waals surface area contributed by atoms with Gasteiger partial charge in [-0.25, -0.2) is 0 Å². The normalized spacial score (nSPS) is 9.34. The Balaban J connectivity index is 0.000000169. The van der Waals surface area contributed by atoms with Gasteiger partial charge in [-0.05, 0) is 60.3 Å². The minimum Gasteiger partial charge on any atom is -0.500 e. The molecule has 0 spiro atoms. The van der Waals surface area contributed by atoms with E-state index in [9.17, 15) is 0 Å². The van der Waals surface area contributed by atoms with Gasteiger partial charge in [-0.15, -0.1) is 36.3 Å². The van der Waals surface area contributed by atoms with Crippen LogP contribution in [-0.2, 0) is 19.8 Å². The van der Waals surface area contributed by atoms with Crippen molar-refractivity contribution in [3.8, 4) is 52.1 Å². The molecular formula is C34H26N5OOs. The summed E-state index contributed by atoms with van der Waals surface area (Å²) in [5, 5.41) is 0. The molecule has 0 atom stereocenters. The SMILES string of the molecule is C#CCOc1cc[c-]c(-c2ccccn2)c1.[Os+].c1ccc(-c2ccccn2)nc1.c1ccc(-c2ccccn2)nc1. The van der Waals surface area contributed by atoms with Crippen LogP contribution in [0.4, 0.5) is 0 Å². The van der Waals surface area contributed by atoms with E-state index in [1.807, 2.05) is 103 Å². The van der Waals surface area contributed by atoms with E-state index in [1.165, 1.54) is 0 Å². The van der Waals surface area contributed by atoms with E-state index in [1.54, 1.807) is 37.1 Å². The van der Waals surface area contributed by atoms with Crippen LogP contribution >= 0.6 is 0 Å².